The lowest BCUT2D eigenvalue weighted by Crippen LogP contribution is -2.50. The first-order valence-electron chi connectivity index (χ1n) is 5.50. The fourth-order valence-corrected chi connectivity index (χ4v) is 2.63. The first-order chi connectivity index (χ1) is 6.10. The molecule has 0 spiro atoms. The molecule has 0 saturated carbocycles. The summed E-state index contributed by atoms with van der Waals surface area (Å²) in [6.07, 6.45) is 2.69. The Bertz CT molecular complexity index is 154. The van der Waals surface area contributed by atoms with Crippen LogP contribution in [0.25, 0.3) is 0 Å². The Balaban J connectivity index is 2.48. The van der Waals surface area contributed by atoms with Gasteiger partial charge in [-0.25, -0.2) is 0 Å². The van der Waals surface area contributed by atoms with Gasteiger partial charge < -0.3 is 5.32 Å². The van der Waals surface area contributed by atoms with Crippen LogP contribution in [-0.2, 0) is 0 Å². The van der Waals surface area contributed by atoms with Gasteiger partial charge in [0.25, 0.3) is 0 Å². The number of hydrogen-bond donors (Lipinski definition) is 1. The van der Waals surface area contributed by atoms with E-state index in [4.69, 9.17) is 0 Å². The number of nitrogens with zero attached hydrogens (tertiary/aromatic N) is 1. The van der Waals surface area contributed by atoms with Crippen LogP contribution in [0.1, 0.15) is 33.6 Å². The smallest absolute Gasteiger partial charge is 0.0156 e. The van der Waals surface area contributed by atoms with Crippen LogP contribution in [0.2, 0.25) is 0 Å². The van der Waals surface area contributed by atoms with Crippen LogP contribution >= 0.6 is 0 Å². The molecule has 1 rings (SSSR count). The lowest BCUT2D eigenvalue weighted by Gasteiger charge is -2.45. The van der Waals surface area contributed by atoms with E-state index in [-0.39, 0.29) is 0 Å². The SMILES string of the molecule is CCN1CCC(CNC)CC1(C)C. The molecule has 2 nitrogen and oxygen atoms in total. The highest BCUT2D eigenvalue weighted by Crippen LogP contribution is 2.30. The van der Waals surface area contributed by atoms with Crippen molar-refractivity contribution < 1.29 is 0 Å². The minimum atomic E-state index is 0.411. The summed E-state index contributed by atoms with van der Waals surface area (Å²) in [5.74, 6) is 0.878. The molecule has 1 aliphatic heterocycles. The molecule has 0 bridgehead atoms. The van der Waals surface area contributed by atoms with Gasteiger partial charge in [0.05, 0.1) is 0 Å². The minimum absolute atomic E-state index is 0.411. The van der Waals surface area contributed by atoms with Crippen molar-refractivity contribution in [3.8, 4) is 0 Å². The molecule has 0 aromatic rings. The average Bonchev–Trinajstić information content (AvgIpc) is 2.03. The molecular weight excluding hydrogens is 160 g/mol. The van der Waals surface area contributed by atoms with Crippen molar-refractivity contribution in [2.75, 3.05) is 26.7 Å². The van der Waals surface area contributed by atoms with Gasteiger partial charge in [-0.05, 0) is 59.3 Å². The second-order valence-electron chi connectivity index (χ2n) is 4.81. The Morgan fingerprint density at radius 3 is 2.62 bits per heavy atom. The number of piperidine rings is 1. The molecule has 2 heteroatoms. The largest absolute Gasteiger partial charge is 0.319 e. The van der Waals surface area contributed by atoms with Crippen LogP contribution in [-0.4, -0.2) is 37.1 Å². The van der Waals surface area contributed by atoms with Gasteiger partial charge in [0, 0.05) is 5.54 Å². The average molecular weight is 184 g/mol. The third-order valence-electron chi connectivity index (χ3n) is 3.33. The summed E-state index contributed by atoms with van der Waals surface area (Å²) in [6.45, 7) is 10.7. The molecule has 1 N–H and O–H groups in total. The maximum absolute atomic E-state index is 3.29. The van der Waals surface area contributed by atoms with E-state index in [1.807, 2.05) is 0 Å². The van der Waals surface area contributed by atoms with Gasteiger partial charge in [0.15, 0.2) is 0 Å². The summed E-state index contributed by atoms with van der Waals surface area (Å²) in [4.78, 5) is 2.60. The van der Waals surface area contributed by atoms with Gasteiger partial charge in [-0.15, -0.1) is 0 Å². The molecule has 1 atom stereocenters. The monoisotopic (exact) mass is 184 g/mol. The number of rotatable bonds is 3. The molecule has 1 fully saturated rings. The van der Waals surface area contributed by atoms with Gasteiger partial charge in [-0.1, -0.05) is 6.92 Å². The normalized spacial score (nSPS) is 29.1. The second-order valence-corrected chi connectivity index (χ2v) is 4.81. The zero-order valence-corrected chi connectivity index (χ0v) is 9.56. The van der Waals surface area contributed by atoms with E-state index < -0.39 is 0 Å². The van der Waals surface area contributed by atoms with E-state index in [1.165, 1.54) is 32.5 Å². The van der Waals surface area contributed by atoms with Crippen molar-refractivity contribution in [1.82, 2.24) is 10.2 Å². The van der Waals surface area contributed by atoms with Gasteiger partial charge in [0.1, 0.15) is 0 Å². The van der Waals surface area contributed by atoms with Crippen molar-refractivity contribution in [2.45, 2.75) is 39.2 Å². The number of hydrogen-bond acceptors (Lipinski definition) is 2. The van der Waals surface area contributed by atoms with Crippen molar-refractivity contribution >= 4 is 0 Å². The van der Waals surface area contributed by atoms with E-state index in [0.29, 0.717) is 5.54 Å². The second kappa shape index (κ2) is 4.43. The van der Waals surface area contributed by atoms with Crippen LogP contribution in [0.3, 0.4) is 0 Å². The Labute approximate surface area is 82.7 Å². The molecule has 0 aromatic heterocycles. The van der Waals surface area contributed by atoms with Crippen LogP contribution in [0.5, 0.6) is 0 Å². The zero-order valence-electron chi connectivity index (χ0n) is 9.56. The lowest BCUT2D eigenvalue weighted by molar-refractivity contribution is 0.0523. The fraction of sp³-hybridized carbons (Fsp3) is 1.00. The highest BCUT2D eigenvalue weighted by Gasteiger charge is 2.32. The lowest BCUT2D eigenvalue weighted by atomic mass is 9.82. The summed E-state index contributed by atoms with van der Waals surface area (Å²) in [5, 5.41) is 3.29. The van der Waals surface area contributed by atoms with E-state index in [9.17, 15) is 0 Å². The molecule has 1 saturated heterocycles. The van der Waals surface area contributed by atoms with Crippen LogP contribution < -0.4 is 5.32 Å². The Kier molecular flexibility index (Phi) is 3.74. The zero-order chi connectivity index (χ0) is 9.90. The summed E-state index contributed by atoms with van der Waals surface area (Å²) in [5.41, 5.74) is 0.411. The quantitative estimate of drug-likeness (QED) is 0.718. The van der Waals surface area contributed by atoms with E-state index in [2.05, 4.69) is 38.0 Å². The van der Waals surface area contributed by atoms with Gasteiger partial charge in [-0.2, -0.15) is 0 Å². The predicted octanol–water partition coefficient (Wildman–Crippen LogP) is 1.72. The fourth-order valence-electron chi connectivity index (χ4n) is 2.63. The van der Waals surface area contributed by atoms with Crippen molar-refractivity contribution in [3.63, 3.8) is 0 Å². The molecule has 13 heavy (non-hydrogen) atoms. The molecule has 1 heterocycles. The first kappa shape index (κ1) is 11.0. The summed E-state index contributed by atoms with van der Waals surface area (Å²) < 4.78 is 0. The van der Waals surface area contributed by atoms with E-state index >= 15 is 0 Å². The maximum atomic E-state index is 3.29. The Morgan fingerprint density at radius 2 is 2.15 bits per heavy atom. The minimum Gasteiger partial charge on any atom is -0.319 e. The van der Waals surface area contributed by atoms with Crippen molar-refractivity contribution in [2.24, 2.45) is 5.92 Å². The molecule has 0 aliphatic carbocycles. The summed E-state index contributed by atoms with van der Waals surface area (Å²) in [7, 11) is 2.05. The van der Waals surface area contributed by atoms with Crippen LogP contribution in [0.4, 0.5) is 0 Å². The molecule has 0 aromatic carbocycles. The number of nitrogens with one attached hydrogen (secondary N) is 1. The van der Waals surface area contributed by atoms with Crippen LogP contribution in [0.15, 0.2) is 0 Å². The van der Waals surface area contributed by atoms with Gasteiger partial charge >= 0.3 is 0 Å². The molecule has 1 unspecified atom stereocenters. The molecular formula is C11H24N2. The van der Waals surface area contributed by atoms with Gasteiger partial charge in [0.2, 0.25) is 0 Å². The third-order valence-corrected chi connectivity index (χ3v) is 3.33. The van der Waals surface area contributed by atoms with Crippen molar-refractivity contribution in [3.05, 3.63) is 0 Å². The Morgan fingerprint density at radius 1 is 1.46 bits per heavy atom. The first-order valence-corrected chi connectivity index (χ1v) is 5.50. The highest BCUT2D eigenvalue weighted by atomic mass is 15.2. The van der Waals surface area contributed by atoms with E-state index in [1.54, 1.807) is 0 Å². The Hall–Kier alpha value is -0.0800. The van der Waals surface area contributed by atoms with Crippen LogP contribution in [0, 0.1) is 5.92 Å². The standard InChI is InChI=1S/C11H24N2/c1-5-13-7-6-10(9-12-4)8-11(13,2)3/h10,12H,5-9H2,1-4H3. The van der Waals surface area contributed by atoms with Gasteiger partial charge in [-0.3, -0.25) is 4.90 Å². The third kappa shape index (κ3) is 2.68. The topological polar surface area (TPSA) is 15.3 Å². The molecule has 0 amide bonds. The number of likely N-dealkylation sites (tertiary alicyclic amines) is 1. The maximum Gasteiger partial charge on any atom is 0.0156 e. The molecule has 1 aliphatic rings. The van der Waals surface area contributed by atoms with Crippen molar-refractivity contribution in [1.29, 1.82) is 0 Å². The summed E-state index contributed by atoms with van der Waals surface area (Å²) >= 11 is 0. The van der Waals surface area contributed by atoms with E-state index in [0.717, 1.165) is 5.92 Å². The summed E-state index contributed by atoms with van der Waals surface area (Å²) in [6, 6.07) is 0. The molecule has 78 valence electrons. The highest BCUT2D eigenvalue weighted by molar-refractivity contribution is 4.89. The predicted molar refractivity (Wildman–Crippen MR) is 58.0 cm³/mol. The molecule has 0 radical (unpaired) electrons.